The predicted molar refractivity (Wildman–Crippen MR) is 122 cm³/mol. The summed E-state index contributed by atoms with van der Waals surface area (Å²) in [6, 6.07) is 15.1. The van der Waals surface area contributed by atoms with E-state index in [-0.39, 0.29) is 12.2 Å². The SMILES string of the molecule is Cc1cc(OCC2CCO2)ccc1C1=CCC(c2ccc(OCC3CCO3)cc2)CC1. The summed E-state index contributed by atoms with van der Waals surface area (Å²) in [6.07, 6.45) is 8.57. The summed E-state index contributed by atoms with van der Waals surface area (Å²) >= 11 is 0. The first-order valence-corrected chi connectivity index (χ1v) is 11.6. The van der Waals surface area contributed by atoms with Crippen molar-refractivity contribution < 1.29 is 18.9 Å². The van der Waals surface area contributed by atoms with Crippen LogP contribution in [-0.2, 0) is 9.47 Å². The van der Waals surface area contributed by atoms with Gasteiger partial charge in [-0.15, -0.1) is 0 Å². The molecule has 2 fully saturated rings. The minimum absolute atomic E-state index is 0.273. The van der Waals surface area contributed by atoms with E-state index in [9.17, 15) is 0 Å². The molecule has 4 nitrogen and oxygen atoms in total. The first kappa shape index (κ1) is 20.6. The Kier molecular flexibility index (Phi) is 6.28. The summed E-state index contributed by atoms with van der Waals surface area (Å²) in [5.41, 5.74) is 5.51. The number of aryl methyl sites for hydroxylation is 1. The maximum atomic E-state index is 5.90. The number of benzene rings is 2. The molecule has 5 rings (SSSR count). The number of allylic oxidation sites excluding steroid dienone is 2. The molecule has 2 aromatic carbocycles. The maximum absolute atomic E-state index is 5.90. The van der Waals surface area contributed by atoms with Gasteiger partial charge in [-0.2, -0.15) is 0 Å². The van der Waals surface area contributed by atoms with Crippen molar-refractivity contribution in [1.29, 1.82) is 0 Å². The molecule has 31 heavy (non-hydrogen) atoms. The normalized spacial score (nSPS) is 25.2. The molecule has 0 radical (unpaired) electrons. The molecule has 3 unspecified atom stereocenters. The van der Waals surface area contributed by atoms with Crippen molar-refractivity contribution in [1.82, 2.24) is 0 Å². The van der Waals surface area contributed by atoms with Gasteiger partial charge in [-0.05, 0) is 78.6 Å². The van der Waals surface area contributed by atoms with E-state index in [0.29, 0.717) is 19.1 Å². The van der Waals surface area contributed by atoms with E-state index in [1.54, 1.807) is 0 Å². The van der Waals surface area contributed by atoms with E-state index in [2.05, 4.69) is 55.5 Å². The third-order valence-electron chi connectivity index (χ3n) is 6.76. The number of ether oxygens (including phenoxy) is 4. The maximum Gasteiger partial charge on any atom is 0.119 e. The zero-order chi connectivity index (χ0) is 21.0. The van der Waals surface area contributed by atoms with Crippen molar-refractivity contribution in [3.05, 3.63) is 65.2 Å². The smallest absolute Gasteiger partial charge is 0.119 e. The summed E-state index contributed by atoms with van der Waals surface area (Å²) in [5.74, 6) is 2.46. The fourth-order valence-corrected chi connectivity index (χ4v) is 4.51. The molecule has 0 aromatic heterocycles. The number of rotatable bonds is 8. The van der Waals surface area contributed by atoms with Crippen LogP contribution in [0.5, 0.6) is 11.5 Å². The van der Waals surface area contributed by atoms with Gasteiger partial charge in [0, 0.05) is 26.1 Å². The number of hydrogen-bond acceptors (Lipinski definition) is 4. The highest BCUT2D eigenvalue weighted by atomic mass is 16.6. The summed E-state index contributed by atoms with van der Waals surface area (Å²) in [4.78, 5) is 0. The fourth-order valence-electron chi connectivity index (χ4n) is 4.51. The lowest BCUT2D eigenvalue weighted by atomic mass is 9.82. The summed E-state index contributed by atoms with van der Waals surface area (Å²) < 4.78 is 22.6. The van der Waals surface area contributed by atoms with Crippen molar-refractivity contribution >= 4 is 5.57 Å². The average Bonchev–Trinajstić information content (AvgIpc) is 2.72. The Morgan fingerprint density at radius 3 is 2.03 bits per heavy atom. The summed E-state index contributed by atoms with van der Waals surface area (Å²) in [7, 11) is 0. The van der Waals surface area contributed by atoms with Crippen LogP contribution < -0.4 is 9.47 Å². The van der Waals surface area contributed by atoms with Crippen LogP contribution in [0.25, 0.3) is 5.57 Å². The van der Waals surface area contributed by atoms with E-state index >= 15 is 0 Å². The highest BCUT2D eigenvalue weighted by Crippen LogP contribution is 2.38. The Hall–Kier alpha value is -2.30. The molecule has 164 valence electrons. The second-order valence-corrected chi connectivity index (χ2v) is 8.93. The minimum atomic E-state index is 0.273. The van der Waals surface area contributed by atoms with Gasteiger partial charge in [0.05, 0.1) is 12.2 Å². The van der Waals surface area contributed by atoms with E-state index in [1.807, 2.05) is 0 Å². The molecule has 4 heteroatoms. The standard InChI is InChI=1S/C27H32O4/c1-19-16-24(31-18-26-13-15-29-26)10-11-27(19)22-4-2-20(3-5-22)21-6-8-23(9-7-21)30-17-25-12-14-28-25/h4,6-11,16,20,25-26H,2-3,5,12-15,17-18H2,1H3. The van der Waals surface area contributed by atoms with E-state index in [1.165, 1.54) is 28.7 Å². The quantitative estimate of drug-likeness (QED) is 0.550. The molecule has 3 atom stereocenters. The van der Waals surface area contributed by atoms with Crippen LogP contribution in [-0.4, -0.2) is 38.6 Å². The molecule has 0 saturated carbocycles. The Bertz CT molecular complexity index is 909. The van der Waals surface area contributed by atoms with Gasteiger partial charge in [-0.3, -0.25) is 0 Å². The lowest BCUT2D eigenvalue weighted by molar-refractivity contribution is -0.0721. The average molecular weight is 421 g/mol. The Morgan fingerprint density at radius 2 is 1.48 bits per heavy atom. The zero-order valence-electron chi connectivity index (χ0n) is 18.3. The van der Waals surface area contributed by atoms with Gasteiger partial charge in [0.15, 0.2) is 0 Å². The van der Waals surface area contributed by atoms with E-state index in [4.69, 9.17) is 18.9 Å². The topological polar surface area (TPSA) is 36.9 Å². The Morgan fingerprint density at radius 1 is 0.839 bits per heavy atom. The molecule has 2 aromatic rings. The molecule has 0 bridgehead atoms. The highest BCUT2D eigenvalue weighted by Gasteiger charge is 2.21. The van der Waals surface area contributed by atoms with Crippen LogP contribution in [0.1, 0.15) is 54.7 Å². The molecular weight excluding hydrogens is 388 g/mol. The van der Waals surface area contributed by atoms with Gasteiger partial charge in [-0.1, -0.05) is 24.3 Å². The van der Waals surface area contributed by atoms with Crippen molar-refractivity contribution in [3.63, 3.8) is 0 Å². The first-order valence-electron chi connectivity index (χ1n) is 11.6. The van der Waals surface area contributed by atoms with Crippen LogP contribution in [0.4, 0.5) is 0 Å². The van der Waals surface area contributed by atoms with E-state index in [0.717, 1.165) is 50.4 Å². The van der Waals surface area contributed by atoms with Crippen molar-refractivity contribution in [2.45, 2.75) is 57.2 Å². The minimum Gasteiger partial charge on any atom is -0.491 e. The lowest BCUT2D eigenvalue weighted by Crippen LogP contribution is -2.32. The molecule has 2 saturated heterocycles. The summed E-state index contributed by atoms with van der Waals surface area (Å²) in [5, 5.41) is 0. The van der Waals surface area contributed by atoms with Crippen LogP contribution in [0.15, 0.2) is 48.5 Å². The predicted octanol–water partition coefficient (Wildman–Crippen LogP) is 5.68. The lowest BCUT2D eigenvalue weighted by Gasteiger charge is -2.27. The van der Waals surface area contributed by atoms with Gasteiger partial charge in [0.2, 0.25) is 0 Å². The summed E-state index contributed by atoms with van der Waals surface area (Å²) in [6.45, 7) is 5.24. The van der Waals surface area contributed by atoms with Crippen LogP contribution in [0.2, 0.25) is 0 Å². The molecule has 0 N–H and O–H groups in total. The Balaban J connectivity index is 1.16. The third-order valence-corrected chi connectivity index (χ3v) is 6.76. The number of hydrogen-bond donors (Lipinski definition) is 0. The van der Waals surface area contributed by atoms with Crippen molar-refractivity contribution in [2.24, 2.45) is 0 Å². The van der Waals surface area contributed by atoms with Gasteiger partial charge >= 0.3 is 0 Å². The van der Waals surface area contributed by atoms with Crippen LogP contribution in [0, 0.1) is 6.92 Å². The molecule has 2 aliphatic heterocycles. The molecule has 0 amide bonds. The third kappa shape index (κ3) is 4.97. The van der Waals surface area contributed by atoms with E-state index < -0.39 is 0 Å². The molecule has 2 heterocycles. The van der Waals surface area contributed by atoms with Gasteiger partial charge in [0.1, 0.15) is 24.7 Å². The fraction of sp³-hybridized carbons (Fsp3) is 0.481. The molecule has 0 spiro atoms. The van der Waals surface area contributed by atoms with Gasteiger partial charge in [0.25, 0.3) is 0 Å². The largest absolute Gasteiger partial charge is 0.491 e. The van der Waals surface area contributed by atoms with Crippen molar-refractivity contribution in [3.8, 4) is 11.5 Å². The second kappa shape index (κ2) is 9.46. The van der Waals surface area contributed by atoms with Gasteiger partial charge < -0.3 is 18.9 Å². The zero-order valence-corrected chi connectivity index (χ0v) is 18.3. The molecular formula is C27H32O4. The molecule has 3 aliphatic rings. The highest BCUT2D eigenvalue weighted by molar-refractivity contribution is 5.69. The second-order valence-electron chi connectivity index (χ2n) is 8.93. The Labute approximate surface area is 185 Å². The van der Waals surface area contributed by atoms with Gasteiger partial charge in [-0.25, -0.2) is 0 Å². The van der Waals surface area contributed by atoms with Crippen LogP contribution in [0.3, 0.4) is 0 Å². The van der Waals surface area contributed by atoms with Crippen LogP contribution >= 0.6 is 0 Å². The van der Waals surface area contributed by atoms with Crippen molar-refractivity contribution in [2.75, 3.05) is 26.4 Å². The monoisotopic (exact) mass is 420 g/mol. The molecule has 1 aliphatic carbocycles. The first-order chi connectivity index (χ1) is 15.2.